The molecule has 2 nitrogen and oxygen atoms in total. The van der Waals surface area contributed by atoms with Crippen molar-refractivity contribution in [3.8, 4) is 0 Å². The molecule has 0 radical (unpaired) electrons. The Hall–Kier alpha value is -0.0800. The van der Waals surface area contributed by atoms with Crippen molar-refractivity contribution < 1.29 is 5.11 Å². The topological polar surface area (TPSA) is 32.3 Å². The second kappa shape index (κ2) is 6.41. The molecule has 0 aliphatic heterocycles. The fraction of sp³-hybridized carbons (Fsp3) is 1.00. The molecule has 0 aromatic heterocycles. The van der Waals surface area contributed by atoms with Gasteiger partial charge in [-0.15, -0.1) is 0 Å². The van der Waals surface area contributed by atoms with E-state index >= 15 is 0 Å². The lowest BCUT2D eigenvalue weighted by molar-refractivity contribution is 0.175. The van der Waals surface area contributed by atoms with Crippen LogP contribution in [0.25, 0.3) is 0 Å². The van der Waals surface area contributed by atoms with Crippen molar-refractivity contribution in [1.82, 2.24) is 5.32 Å². The highest BCUT2D eigenvalue weighted by Gasteiger charge is 2.18. The zero-order chi connectivity index (χ0) is 11.2. The molecule has 0 fully saturated rings. The lowest BCUT2D eigenvalue weighted by atomic mass is 10.0. The van der Waals surface area contributed by atoms with Crippen molar-refractivity contribution in [1.29, 1.82) is 0 Å². The summed E-state index contributed by atoms with van der Waals surface area (Å²) in [5.41, 5.74) is -0.142. The van der Waals surface area contributed by atoms with Crippen molar-refractivity contribution in [2.24, 2.45) is 5.92 Å². The molecule has 0 aliphatic rings. The minimum Gasteiger partial charge on any atom is -0.394 e. The zero-order valence-electron chi connectivity index (χ0n) is 10.4. The summed E-state index contributed by atoms with van der Waals surface area (Å²) < 4.78 is 0. The van der Waals surface area contributed by atoms with E-state index in [1.54, 1.807) is 0 Å². The molecule has 86 valence electrons. The van der Waals surface area contributed by atoms with Crippen LogP contribution in [0.1, 0.15) is 53.9 Å². The lowest BCUT2D eigenvalue weighted by Crippen LogP contribution is -2.47. The summed E-state index contributed by atoms with van der Waals surface area (Å²) in [4.78, 5) is 0. The van der Waals surface area contributed by atoms with Gasteiger partial charge >= 0.3 is 0 Å². The quantitative estimate of drug-likeness (QED) is 0.663. The summed E-state index contributed by atoms with van der Waals surface area (Å²) in [6.07, 6.45) is 3.76. The van der Waals surface area contributed by atoms with E-state index < -0.39 is 0 Å². The van der Waals surface area contributed by atoms with Crippen LogP contribution in [0.2, 0.25) is 0 Å². The minimum absolute atomic E-state index is 0.142. The third-order valence-corrected chi connectivity index (χ3v) is 2.45. The molecular formula is C12H27NO. The second-order valence-corrected chi connectivity index (χ2v) is 5.41. The summed E-state index contributed by atoms with van der Waals surface area (Å²) in [7, 11) is 0. The van der Waals surface area contributed by atoms with Crippen molar-refractivity contribution in [3.05, 3.63) is 0 Å². The summed E-state index contributed by atoms with van der Waals surface area (Å²) >= 11 is 0. The van der Waals surface area contributed by atoms with Crippen LogP contribution in [0.3, 0.4) is 0 Å². The molecule has 0 aromatic carbocycles. The van der Waals surface area contributed by atoms with E-state index in [0.29, 0.717) is 6.04 Å². The van der Waals surface area contributed by atoms with Gasteiger partial charge in [-0.25, -0.2) is 0 Å². The molecule has 1 atom stereocenters. The van der Waals surface area contributed by atoms with Gasteiger partial charge in [0.2, 0.25) is 0 Å². The first-order valence-electron chi connectivity index (χ1n) is 5.76. The van der Waals surface area contributed by atoms with E-state index in [9.17, 15) is 0 Å². The predicted octanol–water partition coefficient (Wildman–Crippen LogP) is 2.56. The number of rotatable bonds is 7. The van der Waals surface area contributed by atoms with Gasteiger partial charge in [-0.2, -0.15) is 0 Å². The molecular weight excluding hydrogens is 174 g/mol. The number of aliphatic hydroxyl groups excluding tert-OH is 1. The monoisotopic (exact) mass is 201 g/mol. The minimum atomic E-state index is -0.142. The average molecular weight is 201 g/mol. The Bertz CT molecular complexity index is 143. The number of hydrogen-bond donors (Lipinski definition) is 2. The average Bonchev–Trinajstić information content (AvgIpc) is 2.02. The first-order chi connectivity index (χ1) is 6.37. The van der Waals surface area contributed by atoms with Crippen LogP contribution < -0.4 is 5.32 Å². The van der Waals surface area contributed by atoms with Crippen LogP contribution in [0.15, 0.2) is 0 Å². The van der Waals surface area contributed by atoms with E-state index in [2.05, 4.69) is 26.1 Å². The third-order valence-electron chi connectivity index (χ3n) is 2.45. The normalized spacial score (nSPS) is 14.8. The van der Waals surface area contributed by atoms with E-state index in [-0.39, 0.29) is 12.1 Å². The van der Waals surface area contributed by atoms with Crippen LogP contribution in [0.4, 0.5) is 0 Å². The van der Waals surface area contributed by atoms with E-state index in [0.717, 1.165) is 5.92 Å². The van der Waals surface area contributed by atoms with Crippen LogP contribution in [0.5, 0.6) is 0 Å². The molecule has 0 amide bonds. The largest absolute Gasteiger partial charge is 0.394 e. The van der Waals surface area contributed by atoms with E-state index in [1.807, 2.05) is 13.8 Å². The first kappa shape index (κ1) is 13.9. The fourth-order valence-electron chi connectivity index (χ4n) is 1.62. The highest BCUT2D eigenvalue weighted by atomic mass is 16.3. The summed E-state index contributed by atoms with van der Waals surface area (Å²) in [6, 6.07) is 0.496. The summed E-state index contributed by atoms with van der Waals surface area (Å²) in [5, 5.41) is 12.5. The van der Waals surface area contributed by atoms with Gasteiger partial charge in [0.05, 0.1) is 6.61 Å². The molecule has 1 unspecified atom stereocenters. The number of aliphatic hydroxyl groups is 1. The van der Waals surface area contributed by atoms with Crippen LogP contribution in [0, 0.1) is 5.92 Å². The molecule has 0 saturated heterocycles. The Morgan fingerprint density at radius 1 is 1.14 bits per heavy atom. The van der Waals surface area contributed by atoms with Crippen LogP contribution in [-0.4, -0.2) is 23.3 Å². The van der Waals surface area contributed by atoms with Crippen LogP contribution in [-0.2, 0) is 0 Å². The lowest BCUT2D eigenvalue weighted by Gasteiger charge is -2.28. The summed E-state index contributed by atoms with van der Waals surface area (Å²) in [5.74, 6) is 0.799. The second-order valence-electron chi connectivity index (χ2n) is 5.41. The maximum atomic E-state index is 9.09. The van der Waals surface area contributed by atoms with Gasteiger partial charge in [-0.05, 0) is 33.1 Å². The van der Waals surface area contributed by atoms with Crippen molar-refractivity contribution in [3.63, 3.8) is 0 Å². The molecule has 0 bridgehead atoms. The van der Waals surface area contributed by atoms with Crippen molar-refractivity contribution >= 4 is 0 Å². The molecule has 0 heterocycles. The Balaban J connectivity index is 3.60. The van der Waals surface area contributed by atoms with Gasteiger partial charge < -0.3 is 10.4 Å². The molecule has 0 saturated carbocycles. The Morgan fingerprint density at radius 2 is 1.71 bits per heavy atom. The SMILES string of the molecule is CC(C)CCCC(C)NC(C)(C)CO. The molecule has 0 aromatic rings. The van der Waals surface area contributed by atoms with Gasteiger partial charge in [0.15, 0.2) is 0 Å². The third kappa shape index (κ3) is 7.34. The predicted molar refractivity (Wildman–Crippen MR) is 62.5 cm³/mol. The van der Waals surface area contributed by atoms with Crippen molar-refractivity contribution in [2.45, 2.75) is 65.5 Å². The smallest absolute Gasteiger partial charge is 0.0607 e. The molecule has 0 spiro atoms. The first-order valence-corrected chi connectivity index (χ1v) is 5.76. The van der Waals surface area contributed by atoms with Crippen molar-refractivity contribution in [2.75, 3.05) is 6.61 Å². The number of hydrogen-bond acceptors (Lipinski definition) is 2. The molecule has 0 rings (SSSR count). The van der Waals surface area contributed by atoms with E-state index in [4.69, 9.17) is 5.11 Å². The van der Waals surface area contributed by atoms with Gasteiger partial charge in [0.25, 0.3) is 0 Å². The Morgan fingerprint density at radius 3 is 2.14 bits per heavy atom. The summed E-state index contributed by atoms with van der Waals surface area (Å²) in [6.45, 7) is 11.0. The Labute approximate surface area is 89.1 Å². The molecule has 2 N–H and O–H groups in total. The van der Waals surface area contributed by atoms with Gasteiger partial charge in [0.1, 0.15) is 0 Å². The molecule has 2 heteroatoms. The van der Waals surface area contributed by atoms with Gasteiger partial charge in [-0.3, -0.25) is 0 Å². The standard InChI is InChI=1S/C12H27NO/c1-10(2)7-6-8-11(3)13-12(4,5)9-14/h10-11,13-14H,6-9H2,1-5H3. The maximum absolute atomic E-state index is 9.09. The van der Waals surface area contributed by atoms with Gasteiger partial charge in [0, 0.05) is 11.6 Å². The Kier molecular flexibility index (Phi) is 6.38. The highest BCUT2D eigenvalue weighted by molar-refractivity contribution is 4.79. The molecule has 0 aliphatic carbocycles. The van der Waals surface area contributed by atoms with E-state index in [1.165, 1.54) is 19.3 Å². The van der Waals surface area contributed by atoms with Crippen LogP contribution >= 0.6 is 0 Å². The zero-order valence-corrected chi connectivity index (χ0v) is 10.4. The molecule has 14 heavy (non-hydrogen) atoms. The highest BCUT2D eigenvalue weighted by Crippen LogP contribution is 2.10. The van der Waals surface area contributed by atoms with Gasteiger partial charge in [-0.1, -0.05) is 26.7 Å². The fourth-order valence-corrected chi connectivity index (χ4v) is 1.62. The maximum Gasteiger partial charge on any atom is 0.0607 e. The number of nitrogens with one attached hydrogen (secondary N) is 1.